The molecule has 0 spiro atoms. The Morgan fingerprint density at radius 3 is 2.83 bits per heavy atom. The van der Waals surface area contributed by atoms with Crippen molar-refractivity contribution in [2.24, 2.45) is 4.99 Å². The minimum Gasteiger partial charge on any atom is -0.357 e. The van der Waals surface area contributed by atoms with Gasteiger partial charge in [-0.3, -0.25) is 0 Å². The van der Waals surface area contributed by atoms with Crippen molar-refractivity contribution >= 4 is 40.7 Å². The second kappa shape index (κ2) is 10.0. The summed E-state index contributed by atoms with van der Waals surface area (Å²) in [6, 6.07) is 15.2. The first-order valence-corrected chi connectivity index (χ1v) is 10.2. The summed E-state index contributed by atoms with van der Waals surface area (Å²) in [5, 5.41) is 14.1. The van der Waals surface area contributed by atoms with Crippen LogP contribution in [0.1, 0.15) is 37.5 Å². The van der Waals surface area contributed by atoms with Crippen LogP contribution in [0.25, 0.3) is 10.8 Å². The van der Waals surface area contributed by atoms with Gasteiger partial charge < -0.3 is 10.6 Å². The molecule has 0 fully saturated rings. The number of hydrogen-bond acceptors (Lipinski definition) is 3. The number of nitrogens with zero attached hydrogens (tertiary/aromatic N) is 4. The number of rotatable bonds is 5. The van der Waals surface area contributed by atoms with E-state index in [9.17, 15) is 0 Å². The molecule has 2 N–H and O–H groups in total. The molecule has 3 aromatic rings. The monoisotopic (exact) mass is 504 g/mol. The summed E-state index contributed by atoms with van der Waals surface area (Å²) >= 11 is 0. The second-order valence-corrected chi connectivity index (χ2v) is 7.19. The van der Waals surface area contributed by atoms with Crippen molar-refractivity contribution < 1.29 is 0 Å². The van der Waals surface area contributed by atoms with Crippen LogP contribution in [0.5, 0.6) is 0 Å². The van der Waals surface area contributed by atoms with Crippen molar-refractivity contribution in [1.82, 2.24) is 25.4 Å². The predicted molar refractivity (Wildman–Crippen MR) is 129 cm³/mol. The Hall–Kier alpha value is -2.16. The topological polar surface area (TPSA) is 67.1 Å². The molecule has 154 valence electrons. The Kier molecular flexibility index (Phi) is 7.46. The summed E-state index contributed by atoms with van der Waals surface area (Å²) in [4.78, 5) is 9.46. The molecule has 1 atom stereocenters. The highest BCUT2D eigenvalue weighted by Crippen LogP contribution is 2.19. The fraction of sp³-hybridized carbons (Fsp3) is 0.409. The summed E-state index contributed by atoms with van der Waals surface area (Å²) in [5.41, 5.74) is 1.24. The van der Waals surface area contributed by atoms with E-state index in [2.05, 4.69) is 77.0 Å². The Labute approximate surface area is 189 Å². The van der Waals surface area contributed by atoms with E-state index in [1.165, 1.54) is 16.3 Å². The van der Waals surface area contributed by atoms with E-state index >= 15 is 0 Å². The largest absolute Gasteiger partial charge is 0.357 e. The van der Waals surface area contributed by atoms with Gasteiger partial charge >= 0.3 is 0 Å². The number of aryl methyl sites for hydroxylation is 2. The standard InChI is InChI=1S/C22H28N6.HI/c1-3-20-26-21-13-12-18(15-28(21)27-20)25-22(23-4-2)24-14-17-10-7-9-16-8-5-6-11-19(16)17;/h5-11,18H,3-4,12-15H2,1-2H3,(H2,23,24,25);1H. The molecule has 0 saturated heterocycles. The number of halogens is 1. The highest BCUT2D eigenvalue weighted by molar-refractivity contribution is 14.0. The van der Waals surface area contributed by atoms with E-state index in [0.29, 0.717) is 12.6 Å². The summed E-state index contributed by atoms with van der Waals surface area (Å²) in [5.74, 6) is 2.90. The average molecular weight is 504 g/mol. The quantitative estimate of drug-likeness (QED) is 0.316. The van der Waals surface area contributed by atoms with Gasteiger partial charge in [0.1, 0.15) is 5.82 Å². The molecule has 0 bridgehead atoms. The summed E-state index contributed by atoms with van der Waals surface area (Å²) < 4.78 is 2.05. The van der Waals surface area contributed by atoms with Gasteiger partial charge in [-0.1, -0.05) is 49.4 Å². The first kappa shape index (κ1) is 21.5. The van der Waals surface area contributed by atoms with Crippen LogP contribution in [-0.2, 0) is 25.9 Å². The summed E-state index contributed by atoms with van der Waals surface area (Å²) in [7, 11) is 0. The third kappa shape index (κ3) is 5.07. The van der Waals surface area contributed by atoms with E-state index in [1.807, 2.05) is 4.68 Å². The minimum atomic E-state index is 0. The highest BCUT2D eigenvalue weighted by Gasteiger charge is 2.22. The van der Waals surface area contributed by atoms with Gasteiger partial charge in [0.2, 0.25) is 0 Å². The van der Waals surface area contributed by atoms with Crippen LogP contribution < -0.4 is 10.6 Å². The van der Waals surface area contributed by atoms with Crippen molar-refractivity contribution in [3.63, 3.8) is 0 Å². The lowest BCUT2D eigenvalue weighted by molar-refractivity contribution is 0.392. The fourth-order valence-corrected chi connectivity index (χ4v) is 3.74. The Morgan fingerprint density at radius 2 is 2.00 bits per heavy atom. The van der Waals surface area contributed by atoms with Gasteiger partial charge in [-0.25, -0.2) is 14.7 Å². The van der Waals surface area contributed by atoms with E-state index in [-0.39, 0.29) is 24.0 Å². The number of aliphatic imine (C=N–C) groups is 1. The second-order valence-electron chi connectivity index (χ2n) is 7.19. The molecule has 6 nitrogen and oxygen atoms in total. The highest BCUT2D eigenvalue weighted by atomic mass is 127. The normalized spacial score (nSPS) is 16.2. The van der Waals surface area contributed by atoms with Crippen LogP contribution in [0.2, 0.25) is 0 Å². The van der Waals surface area contributed by atoms with E-state index in [1.54, 1.807) is 0 Å². The predicted octanol–water partition coefficient (Wildman–Crippen LogP) is 3.68. The van der Waals surface area contributed by atoms with E-state index in [4.69, 9.17) is 4.99 Å². The zero-order chi connectivity index (χ0) is 19.3. The fourth-order valence-electron chi connectivity index (χ4n) is 3.74. The Balaban J connectivity index is 0.00000240. The number of aromatic nitrogens is 3. The smallest absolute Gasteiger partial charge is 0.191 e. The SMILES string of the molecule is CCNC(=NCc1cccc2ccccc12)NC1CCc2nc(CC)nn2C1.I. The number of nitrogens with one attached hydrogen (secondary N) is 2. The average Bonchev–Trinajstić information content (AvgIpc) is 3.14. The molecule has 1 unspecified atom stereocenters. The maximum Gasteiger partial charge on any atom is 0.191 e. The zero-order valence-corrected chi connectivity index (χ0v) is 19.4. The Bertz CT molecular complexity index is 975. The molecule has 0 saturated carbocycles. The first-order chi connectivity index (χ1) is 13.8. The van der Waals surface area contributed by atoms with Crippen LogP contribution in [0.4, 0.5) is 0 Å². The number of benzene rings is 2. The maximum atomic E-state index is 4.85. The van der Waals surface area contributed by atoms with Gasteiger partial charge in [0.25, 0.3) is 0 Å². The molecule has 7 heteroatoms. The zero-order valence-electron chi connectivity index (χ0n) is 17.1. The number of guanidine groups is 1. The molecule has 0 aliphatic carbocycles. The number of hydrogen-bond donors (Lipinski definition) is 2. The van der Waals surface area contributed by atoms with Gasteiger partial charge in [-0.2, -0.15) is 5.10 Å². The van der Waals surface area contributed by atoms with Crippen molar-refractivity contribution in [3.05, 3.63) is 59.7 Å². The number of fused-ring (bicyclic) bond motifs is 2. The van der Waals surface area contributed by atoms with Crippen LogP contribution in [0, 0.1) is 0 Å². The molecule has 2 heterocycles. The van der Waals surface area contributed by atoms with Gasteiger partial charge in [-0.15, -0.1) is 24.0 Å². The van der Waals surface area contributed by atoms with Crippen molar-refractivity contribution in [2.45, 2.75) is 52.2 Å². The van der Waals surface area contributed by atoms with Gasteiger partial charge in [0, 0.05) is 25.4 Å². The van der Waals surface area contributed by atoms with Crippen molar-refractivity contribution in [1.29, 1.82) is 0 Å². The first-order valence-electron chi connectivity index (χ1n) is 10.2. The van der Waals surface area contributed by atoms with Gasteiger partial charge in [-0.05, 0) is 29.7 Å². The molecular formula is C22H29IN6. The third-order valence-corrected chi connectivity index (χ3v) is 5.19. The molecular weight excluding hydrogens is 475 g/mol. The Morgan fingerprint density at radius 1 is 1.17 bits per heavy atom. The lowest BCUT2D eigenvalue weighted by Crippen LogP contribution is -2.47. The summed E-state index contributed by atoms with van der Waals surface area (Å²) in [6.07, 6.45) is 2.88. The van der Waals surface area contributed by atoms with Crippen LogP contribution in [-0.4, -0.2) is 33.3 Å². The molecule has 2 aromatic carbocycles. The minimum absolute atomic E-state index is 0. The molecule has 1 aliphatic rings. The third-order valence-electron chi connectivity index (χ3n) is 5.19. The van der Waals surface area contributed by atoms with Crippen molar-refractivity contribution in [3.8, 4) is 0 Å². The van der Waals surface area contributed by atoms with E-state index < -0.39 is 0 Å². The van der Waals surface area contributed by atoms with Gasteiger partial charge in [0.05, 0.1) is 13.1 Å². The lowest BCUT2D eigenvalue weighted by Gasteiger charge is -2.25. The summed E-state index contributed by atoms with van der Waals surface area (Å²) in [6.45, 7) is 6.51. The molecule has 1 aromatic heterocycles. The molecule has 0 radical (unpaired) electrons. The van der Waals surface area contributed by atoms with Crippen LogP contribution >= 0.6 is 24.0 Å². The van der Waals surface area contributed by atoms with Crippen LogP contribution in [0.3, 0.4) is 0 Å². The molecule has 4 rings (SSSR count). The maximum absolute atomic E-state index is 4.85. The van der Waals surface area contributed by atoms with Crippen molar-refractivity contribution in [2.75, 3.05) is 6.54 Å². The lowest BCUT2D eigenvalue weighted by atomic mass is 10.0. The van der Waals surface area contributed by atoms with Crippen LogP contribution in [0.15, 0.2) is 47.5 Å². The molecule has 0 amide bonds. The van der Waals surface area contributed by atoms with E-state index in [0.717, 1.165) is 50.0 Å². The molecule has 1 aliphatic heterocycles. The van der Waals surface area contributed by atoms with Gasteiger partial charge in [0.15, 0.2) is 11.8 Å². The molecule has 29 heavy (non-hydrogen) atoms.